The first-order chi connectivity index (χ1) is 13.1. The molecule has 1 amide bonds. The van der Waals surface area contributed by atoms with E-state index < -0.39 is 17.5 Å². The summed E-state index contributed by atoms with van der Waals surface area (Å²) in [6.45, 7) is 6.26. The van der Waals surface area contributed by atoms with Crippen molar-refractivity contribution in [2.24, 2.45) is 11.3 Å². The highest BCUT2D eigenvalue weighted by molar-refractivity contribution is 7.22. The quantitative estimate of drug-likeness (QED) is 0.704. The number of nitrogen functional groups attached to an aromatic ring is 1. The average Bonchev–Trinajstić information content (AvgIpc) is 3.01. The van der Waals surface area contributed by atoms with Crippen molar-refractivity contribution in [1.82, 2.24) is 9.88 Å². The number of benzene rings is 1. The molecule has 0 saturated carbocycles. The maximum Gasteiger partial charge on any atom is 0.314 e. The molecule has 28 heavy (non-hydrogen) atoms. The van der Waals surface area contributed by atoms with E-state index in [1.165, 1.54) is 11.3 Å². The fourth-order valence-electron chi connectivity index (χ4n) is 3.88. The van der Waals surface area contributed by atoms with Gasteiger partial charge in [0.15, 0.2) is 5.13 Å². The number of hydrogen-bond acceptors (Lipinski definition) is 6. The van der Waals surface area contributed by atoms with Gasteiger partial charge in [-0.05, 0) is 49.8 Å². The average molecular weight is 406 g/mol. The molecular weight excluding hydrogens is 378 g/mol. The molecule has 2 atom stereocenters. The number of fused-ring (bicyclic) bond motifs is 1. The van der Waals surface area contributed by atoms with Crippen LogP contribution < -0.4 is 5.73 Å². The van der Waals surface area contributed by atoms with Gasteiger partial charge in [0.25, 0.3) is 5.91 Å². The Kier molecular flexibility index (Phi) is 5.63. The van der Waals surface area contributed by atoms with E-state index in [0.717, 1.165) is 15.8 Å². The minimum Gasteiger partial charge on any atom is -0.481 e. The monoisotopic (exact) mass is 405 g/mol. The number of rotatable bonds is 5. The second kappa shape index (κ2) is 7.67. The van der Waals surface area contributed by atoms with Gasteiger partial charge in [0.1, 0.15) is 5.41 Å². The van der Waals surface area contributed by atoms with E-state index in [4.69, 9.17) is 5.73 Å². The molecule has 8 heteroatoms. The number of thiazole rings is 1. The second-order valence-electron chi connectivity index (χ2n) is 8.12. The zero-order valence-corrected chi connectivity index (χ0v) is 17.3. The molecule has 1 aromatic carbocycles. The maximum atomic E-state index is 13.2. The van der Waals surface area contributed by atoms with E-state index in [9.17, 15) is 19.8 Å². The largest absolute Gasteiger partial charge is 0.481 e. The number of carboxylic acid groups (broad SMARTS) is 1. The molecule has 0 spiro atoms. The van der Waals surface area contributed by atoms with Crippen LogP contribution in [0.2, 0.25) is 0 Å². The molecule has 0 radical (unpaired) electrons. The second-order valence-corrected chi connectivity index (χ2v) is 9.18. The van der Waals surface area contributed by atoms with Gasteiger partial charge in [0, 0.05) is 18.7 Å². The number of carboxylic acids is 1. The van der Waals surface area contributed by atoms with Gasteiger partial charge >= 0.3 is 5.97 Å². The van der Waals surface area contributed by atoms with Crippen molar-refractivity contribution in [3.8, 4) is 0 Å². The zero-order valence-electron chi connectivity index (χ0n) is 16.4. The highest BCUT2D eigenvalue weighted by Crippen LogP contribution is 2.37. The van der Waals surface area contributed by atoms with Gasteiger partial charge in [-0.3, -0.25) is 9.59 Å². The Morgan fingerprint density at radius 2 is 2.14 bits per heavy atom. The van der Waals surface area contributed by atoms with Crippen LogP contribution in [0.1, 0.15) is 49.0 Å². The van der Waals surface area contributed by atoms with E-state index >= 15 is 0 Å². The SMILES string of the molecule is Cc1cc(C(=O)N2CC[C@H](O)[C@](CCC(C)C)(C(=O)O)C2)cc2sc(N)nc12. The molecule has 1 saturated heterocycles. The Hall–Kier alpha value is -2.19. The third-order valence-corrected chi connectivity index (χ3v) is 6.44. The number of carbonyl (C=O) groups is 2. The lowest BCUT2D eigenvalue weighted by atomic mass is 9.72. The molecule has 0 aliphatic carbocycles. The van der Waals surface area contributed by atoms with Crippen LogP contribution in [0.5, 0.6) is 0 Å². The number of aryl methyl sites for hydroxylation is 1. The van der Waals surface area contributed by atoms with Gasteiger partial charge in [-0.15, -0.1) is 0 Å². The molecule has 0 bridgehead atoms. The molecule has 0 unspecified atom stereocenters. The first-order valence-corrected chi connectivity index (χ1v) is 10.3. The topological polar surface area (TPSA) is 117 Å². The molecular formula is C20H27N3O4S. The van der Waals surface area contributed by atoms with E-state index in [2.05, 4.69) is 4.98 Å². The summed E-state index contributed by atoms with van der Waals surface area (Å²) in [6.07, 6.45) is 0.314. The van der Waals surface area contributed by atoms with Crippen LogP contribution in [0.3, 0.4) is 0 Å². The predicted molar refractivity (Wildman–Crippen MR) is 109 cm³/mol. The number of aliphatic hydroxyl groups is 1. The molecule has 152 valence electrons. The standard InChI is InChI=1S/C20H27N3O4S/c1-11(2)4-6-20(18(26)27)10-23(7-5-15(20)24)17(25)13-8-12(3)16-14(9-13)28-19(21)22-16/h8-9,11,15,24H,4-7,10H2,1-3H3,(H2,21,22)(H,26,27)/t15-,20+/m0/s1. The van der Waals surface area contributed by atoms with Crippen molar-refractivity contribution in [3.05, 3.63) is 23.3 Å². The van der Waals surface area contributed by atoms with Crippen LogP contribution in [-0.4, -0.2) is 51.2 Å². The minimum absolute atomic E-state index is 0.0109. The van der Waals surface area contributed by atoms with Crippen LogP contribution in [0, 0.1) is 18.3 Å². The number of hydrogen-bond donors (Lipinski definition) is 3. The fourth-order valence-corrected chi connectivity index (χ4v) is 4.73. The Morgan fingerprint density at radius 3 is 2.79 bits per heavy atom. The summed E-state index contributed by atoms with van der Waals surface area (Å²) in [4.78, 5) is 31.1. The number of carbonyl (C=O) groups excluding carboxylic acids is 1. The summed E-state index contributed by atoms with van der Waals surface area (Å²) in [5, 5.41) is 20.9. The zero-order chi connectivity index (χ0) is 20.6. The number of nitrogens with two attached hydrogens (primary N) is 1. The van der Waals surface area contributed by atoms with E-state index in [1.807, 2.05) is 20.8 Å². The molecule has 3 rings (SSSR count). The Morgan fingerprint density at radius 1 is 1.43 bits per heavy atom. The number of aliphatic hydroxyl groups excluding tert-OH is 1. The first-order valence-electron chi connectivity index (χ1n) is 9.51. The van der Waals surface area contributed by atoms with Crippen molar-refractivity contribution in [3.63, 3.8) is 0 Å². The third kappa shape index (κ3) is 3.71. The summed E-state index contributed by atoms with van der Waals surface area (Å²) < 4.78 is 0.835. The van der Waals surface area contributed by atoms with Crippen molar-refractivity contribution in [2.75, 3.05) is 18.8 Å². The van der Waals surface area contributed by atoms with Crippen molar-refractivity contribution in [1.29, 1.82) is 0 Å². The number of amides is 1. The number of anilines is 1. The highest BCUT2D eigenvalue weighted by atomic mass is 32.1. The smallest absolute Gasteiger partial charge is 0.314 e. The maximum absolute atomic E-state index is 13.2. The molecule has 1 aliphatic rings. The van der Waals surface area contributed by atoms with Gasteiger partial charge in [0.05, 0.1) is 16.3 Å². The molecule has 4 N–H and O–H groups in total. The van der Waals surface area contributed by atoms with Crippen LogP contribution in [0.4, 0.5) is 5.13 Å². The summed E-state index contributed by atoms with van der Waals surface area (Å²) >= 11 is 1.32. The highest BCUT2D eigenvalue weighted by Gasteiger charge is 2.49. The Bertz CT molecular complexity index is 910. The minimum atomic E-state index is -1.33. The van der Waals surface area contributed by atoms with Crippen LogP contribution >= 0.6 is 11.3 Å². The number of aromatic nitrogens is 1. The van der Waals surface area contributed by atoms with Gasteiger partial charge < -0.3 is 20.8 Å². The molecule has 1 aromatic heterocycles. The summed E-state index contributed by atoms with van der Waals surface area (Å²) in [7, 11) is 0. The number of nitrogens with zero attached hydrogens (tertiary/aromatic N) is 2. The van der Waals surface area contributed by atoms with Crippen molar-refractivity contribution >= 4 is 38.6 Å². The van der Waals surface area contributed by atoms with Crippen molar-refractivity contribution in [2.45, 2.75) is 46.1 Å². The predicted octanol–water partition coefficient (Wildman–Crippen LogP) is 2.90. The van der Waals surface area contributed by atoms with Crippen LogP contribution in [0.15, 0.2) is 12.1 Å². The molecule has 1 fully saturated rings. The molecule has 7 nitrogen and oxygen atoms in total. The lowest BCUT2D eigenvalue weighted by Crippen LogP contribution is -2.57. The normalized spacial score (nSPS) is 22.8. The fraction of sp³-hybridized carbons (Fsp3) is 0.550. The summed E-state index contributed by atoms with van der Waals surface area (Å²) in [5.41, 5.74) is 6.59. The van der Waals surface area contributed by atoms with Crippen LogP contribution in [-0.2, 0) is 4.79 Å². The van der Waals surface area contributed by atoms with E-state index in [-0.39, 0.29) is 18.9 Å². The Labute approximate surface area is 168 Å². The van der Waals surface area contributed by atoms with Gasteiger partial charge in [0.2, 0.25) is 0 Å². The van der Waals surface area contributed by atoms with Crippen LogP contribution in [0.25, 0.3) is 10.2 Å². The lowest BCUT2D eigenvalue weighted by Gasteiger charge is -2.43. The number of likely N-dealkylation sites (tertiary alicyclic amines) is 1. The van der Waals surface area contributed by atoms with Gasteiger partial charge in [-0.2, -0.15) is 0 Å². The van der Waals surface area contributed by atoms with E-state index in [1.54, 1.807) is 17.0 Å². The molecule has 2 heterocycles. The number of aliphatic carboxylic acids is 1. The molecule has 1 aliphatic heterocycles. The summed E-state index contributed by atoms with van der Waals surface area (Å²) in [5.74, 6) is -0.949. The van der Waals surface area contributed by atoms with Gasteiger partial charge in [-0.1, -0.05) is 25.2 Å². The number of piperidine rings is 1. The van der Waals surface area contributed by atoms with Crippen molar-refractivity contribution < 1.29 is 19.8 Å². The molecule has 2 aromatic rings. The lowest BCUT2D eigenvalue weighted by molar-refractivity contribution is -0.163. The van der Waals surface area contributed by atoms with Gasteiger partial charge in [-0.25, -0.2) is 4.98 Å². The first kappa shape index (κ1) is 20.5. The van der Waals surface area contributed by atoms with E-state index in [0.29, 0.717) is 36.0 Å². The Balaban J connectivity index is 1.90. The third-order valence-electron chi connectivity index (χ3n) is 5.61. The summed E-state index contributed by atoms with van der Waals surface area (Å²) in [6, 6.07) is 3.53.